The first-order valence-corrected chi connectivity index (χ1v) is 10.3. The van der Waals surface area contributed by atoms with Crippen molar-refractivity contribution in [1.29, 1.82) is 0 Å². The molecular formula is C22H39OP. The van der Waals surface area contributed by atoms with Crippen molar-refractivity contribution >= 4 is 8.15 Å². The average Bonchev–Trinajstić information content (AvgIpc) is 2.30. The molecule has 24 heavy (non-hydrogen) atoms. The highest BCUT2D eigenvalue weighted by Crippen LogP contribution is 2.60. The minimum atomic E-state index is -0.620. The molecule has 0 amide bonds. The average molecular weight is 351 g/mol. The van der Waals surface area contributed by atoms with Crippen molar-refractivity contribution in [2.75, 3.05) is 0 Å². The van der Waals surface area contributed by atoms with E-state index in [9.17, 15) is 0 Å². The second kappa shape index (κ2) is 6.64. The molecule has 1 nitrogen and oxygen atoms in total. The first kappa shape index (κ1) is 21.5. The molecule has 0 saturated heterocycles. The Morgan fingerprint density at radius 1 is 0.667 bits per heavy atom. The highest BCUT2D eigenvalue weighted by molar-refractivity contribution is 7.56. The van der Waals surface area contributed by atoms with Crippen LogP contribution in [0.5, 0.6) is 5.75 Å². The van der Waals surface area contributed by atoms with Gasteiger partial charge in [-0.15, -0.1) is 0 Å². The van der Waals surface area contributed by atoms with Gasteiger partial charge in [-0.2, -0.15) is 0 Å². The second-order valence-corrected chi connectivity index (χ2v) is 14.4. The Balaban J connectivity index is 3.43. The summed E-state index contributed by atoms with van der Waals surface area (Å²) in [6.07, 6.45) is 0. The van der Waals surface area contributed by atoms with Gasteiger partial charge in [0.1, 0.15) is 5.75 Å². The van der Waals surface area contributed by atoms with Crippen LogP contribution in [0.2, 0.25) is 0 Å². The summed E-state index contributed by atoms with van der Waals surface area (Å²) in [4.78, 5) is 0. The fourth-order valence-electron chi connectivity index (χ4n) is 3.04. The SMILES string of the molecule is CC(C)(C)c1ccc(OP(C(C)(C)C)C(C)(C)C)c(C(C)(C)C)c1. The summed E-state index contributed by atoms with van der Waals surface area (Å²) in [5, 5.41) is 0.289. The zero-order chi connectivity index (χ0) is 19.1. The zero-order valence-electron chi connectivity index (χ0n) is 18.1. The van der Waals surface area contributed by atoms with Crippen molar-refractivity contribution < 1.29 is 4.52 Å². The molecule has 0 aliphatic rings. The molecule has 0 atom stereocenters. The Hall–Kier alpha value is -0.550. The van der Waals surface area contributed by atoms with Crippen LogP contribution in [0.3, 0.4) is 0 Å². The quantitative estimate of drug-likeness (QED) is 0.498. The molecule has 0 aliphatic carbocycles. The van der Waals surface area contributed by atoms with Gasteiger partial charge in [0.2, 0.25) is 0 Å². The molecule has 0 saturated carbocycles. The predicted octanol–water partition coefficient (Wildman–Crippen LogP) is 7.65. The third-order valence-corrected chi connectivity index (χ3v) is 6.88. The van der Waals surface area contributed by atoms with Crippen LogP contribution in [0, 0.1) is 0 Å². The maximum atomic E-state index is 6.73. The smallest absolute Gasteiger partial charge is 0.127 e. The van der Waals surface area contributed by atoms with Crippen molar-refractivity contribution in [1.82, 2.24) is 0 Å². The van der Waals surface area contributed by atoms with E-state index < -0.39 is 8.15 Å². The monoisotopic (exact) mass is 350 g/mol. The summed E-state index contributed by atoms with van der Waals surface area (Å²) < 4.78 is 6.73. The van der Waals surface area contributed by atoms with Crippen LogP contribution in [0.15, 0.2) is 18.2 Å². The van der Waals surface area contributed by atoms with Crippen LogP contribution in [-0.4, -0.2) is 10.3 Å². The fraction of sp³-hybridized carbons (Fsp3) is 0.727. The topological polar surface area (TPSA) is 9.23 Å². The van der Waals surface area contributed by atoms with E-state index >= 15 is 0 Å². The van der Waals surface area contributed by atoms with Gasteiger partial charge >= 0.3 is 0 Å². The molecule has 138 valence electrons. The molecule has 0 bridgehead atoms. The molecule has 1 rings (SSSR count). The third kappa shape index (κ3) is 5.48. The van der Waals surface area contributed by atoms with E-state index in [-0.39, 0.29) is 21.1 Å². The maximum absolute atomic E-state index is 6.73. The highest BCUT2D eigenvalue weighted by atomic mass is 31.1. The van der Waals surface area contributed by atoms with E-state index in [1.165, 1.54) is 11.1 Å². The van der Waals surface area contributed by atoms with Gasteiger partial charge in [0.05, 0.1) is 8.15 Å². The number of benzene rings is 1. The van der Waals surface area contributed by atoms with Crippen molar-refractivity contribution in [3.8, 4) is 5.75 Å². The van der Waals surface area contributed by atoms with Gasteiger partial charge in [0.25, 0.3) is 0 Å². The van der Waals surface area contributed by atoms with Crippen LogP contribution < -0.4 is 4.52 Å². The lowest BCUT2D eigenvalue weighted by atomic mass is 9.80. The van der Waals surface area contributed by atoms with Gasteiger partial charge in [-0.3, -0.25) is 0 Å². The minimum absolute atomic E-state index is 0.0629. The largest absolute Gasteiger partial charge is 0.473 e. The summed E-state index contributed by atoms with van der Waals surface area (Å²) in [5.74, 6) is 1.06. The Morgan fingerprint density at radius 2 is 1.12 bits per heavy atom. The number of hydrogen-bond acceptors (Lipinski definition) is 1. The molecule has 0 radical (unpaired) electrons. The maximum Gasteiger partial charge on any atom is 0.127 e. The minimum Gasteiger partial charge on any atom is -0.473 e. The first-order chi connectivity index (χ1) is 10.4. The zero-order valence-corrected chi connectivity index (χ0v) is 19.0. The molecule has 0 heterocycles. The van der Waals surface area contributed by atoms with Gasteiger partial charge in [-0.25, -0.2) is 0 Å². The standard InChI is InChI=1S/C22H39OP/c1-19(2,3)16-13-14-18(17(15-16)20(4,5)6)23-24(21(7,8)9)22(10,11)12/h13-15H,1-12H3. The molecule has 1 aromatic rings. The van der Waals surface area contributed by atoms with E-state index in [2.05, 4.69) is 101 Å². The number of hydrogen-bond donors (Lipinski definition) is 0. The van der Waals surface area contributed by atoms with Crippen LogP contribution in [0.1, 0.15) is 94.2 Å². The summed E-state index contributed by atoms with van der Waals surface area (Å²) in [5.41, 5.74) is 2.90. The lowest BCUT2D eigenvalue weighted by Crippen LogP contribution is -2.28. The normalized spacial score (nSPS) is 14.2. The fourth-order valence-corrected chi connectivity index (χ4v) is 5.96. The molecule has 2 heteroatoms. The summed E-state index contributed by atoms with van der Waals surface area (Å²) >= 11 is 0. The third-order valence-electron chi connectivity index (χ3n) is 4.06. The van der Waals surface area contributed by atoms with E-state index in [0.29, 0.717) is 0 Å². The Bertz CT molecular complexity index is 546. The van der Waals surface area contributed by atoms with Crippen molar-refractivity contribution in [3.05, 3.63) is 29.3 Å². The second-order valence-electron chi connectivity index (χ2n) is 10.9. The van der Waals surface area contributed by atoms with Crippen LogP contribution in [-0.2, 0) is 10.8 Å². The van der Waals surface area contributed by atoms with Crippen molar-refractivity contribution in [3.63, 3.8) is 0 Å². The summed E-state index contributed by atoms with van der Waals surface area (Å²) in [7, 11) is -0.620. The van der Waals surface area contributed by atoms with E-state index in [0.717, 1.165) is 5.75 Å². The van der Waals surface area contributed by atoms with Gasteiger partial charge in [0.15, 0.2) is 0 Å². The molecule has 0 fully saturated rings. The molecule has 0 aromatic heterocycles. The van der Waals surface area contributed by atoms with Crippen LogP contribution >= 0.6 is 8.15 Å². The lowest BCUT2D eigenvalue weighted by Gasteiger charge is -2.41. The Labute approximate surface area is 152 Å². The highest BCUT2D eigenvalue weighted by Gasteiger charge is 2.38. The van der Waals surface area contributed by atoms with Gasteiger partial charge in [0, 0.05) is 15.9 Å². The molecule has 0 spiro atoms. The number of rotatable bonds is 2. The predicted molar refractivity (Wildman–Crippen MR) is 111 cm³/mol. The van der Waals surface area contributed by atoms with Crippen LogP contribution in [0.4, 0.5) is 0 Å². The molecule has 0 unspecified atom stereocenters. The van der Waals surface area contributed by atoms with Gasteiger partial charge in [-0.1, -0.05) is 95.2 Å². The Morgan fingerprint density at radius 3 is 1.46 bits per heavy atom. The van der Waals surface area contributed by atoms with Crippen LogP contribution in [0.25, 0.3) is 0 Å². The van der Waals surface area contributed by atoms with E-state index in [1.807, 2.05) is 0 Å². The molecule has 1 aromatic carbocycles. The van der Waals surface area contributed by atoms with Crippen molar-refractivity contribution in [2.24, 2.45) is 0 Å². The molecule has 0 N–H and O–H groups in total. The lowest BCUT2D eigenvalue weighted by molar-refractivity contribution is 0.497. The van der Waals surface area contributed by atoms with Crippen molar-refractivity contribution in [2.45, 2.75) is 104 Å². The Kier molecular flexibility index (Phi) is 5.94. The molecule has 0 aliphatic heterocycles. The van der Waals surface area contributed by atoms with Gasteiger partial charge < -0.3 is 4.52 Å². The summed E-state index contributed by atoms with van der Waals surface area (Å²) in [6, 6.07) is 6.80. The van der Waals surface area contributed by atoms with E-state index in [4.69, 9.17) is 4.52 Å². The molecular weight excluding hydrogens is 311 g/mol. The summed E-state index contributed by atoms with van der Waals surface area (Å²) in [6.45, 7) is 27.4. The van der Waals surface area contributed by atoms with E-state index in [1.54, 1.807) is 0 Å². The first-order valence-electron chi connectivity index (χ1n) is 9.07. The van der Waals surface area contributed by atoms with Gasteiger partial charge in [-0.05, 0) is 22.5 Å².